The maximum absolute atomic E-state index is 2.49. The van der Waals surface area contributed by atoms with E-state index in [9.17, 15) is 0 Å². The molecule has 0 amide bonds. The molecule has 54 heavy (non-hydrogen) atoms. The molecule has 10 rings (SSSR count). The van der Waals surface area contributed by atoms with Gasteiger partial charge in [0.05, 0.1) is 11.4 Å². The standard InChI is InChI=1S/C50H40BN3/c1-50(2,3)48-40-26-14-13-19-35(40)31-32-45(48)52(36-20-7-4-8-21-36)39-33-46-49-47(34-39)54(38-24-11-6-12-25-38)44-30-18-16-28-42(44)51(49)41-27-15-17-29-43(41)53(46)37-22-9-5-10-23-37/h4-34H,1-3H3. The van der Waals surface area contributed by atoms with Gasteiger partial charge in [-0.2, -0.15) is 0 Å². The van der Waals surface area contributed by atoms with E-state index in [0.717, 1.165) is 22.7 Å². The average Bonchev–Trinajstić information content (AvgIpc) is 3.21. The molecule has 0 saturated heterocycles. The molecule has 3 nitrogen and oxygen atoms in total. The number of nitrogens with zero attached hydrogens (tertiary/aromatic N) is 3. The first-order chi connectivity index (χ1) is 26.5. The molecule has 2 aliphatic heterocycles. The van der Waals surface area contributed by atoms with Crippen LogP contribution < -0.4 is 31.1 Å². The van der Waals surface area contributed by atoms with Gasteiger partial charge in [-0.3, -0.25) is 0 Å². The van der Waals surface area contributed by atoms with Gasteiger partial charge in [-0.05, 0) is 105 Å². The number of para-hydroxylation sites is 5. The number of hydrogen-bond donors (Lipinski definition) is 0. The van der Waals surface area contributed by atoms with Gasteiger partial charge < -0.3 is 14.7 Å². The normalized spacial score (nSPS) is 13.0. The molecule has 8 aromatic carbocycles. The molecule has 0 bridgehead atoms. The van der Waals surface area contributed by atoms with Crippen LogP contribution >= 0.6 is 0 Å². The Labute approximate surface area is 318 Å². The summed E-state index contributed by atoms with van der Waals surface area (Å²) in [5, 5.41) is 2.53. The van der Waals surface area contributed by atoms with Crippen molar-refractivity contribution in [3.05, 3.63) is 194 Å². The van der Waals surface area contributed by atoms with E-state index in [2.05, 4.69) is 224 Å². The van der Waals surface area contributed by atoms with Crippen LogP contribution in [0.15, 0.2) is 188 Å². The first kappa shape index (κ1) is 32.2. The van der Waals surface area contributed by atoms with Gasteiger partial charge in [0.25, 0.3) is 6.71 Å². The Morgan fingerprint density at radius 3 is 1.48 bits per heavy atom. The van der Waals surface area contributed by atoms with Crippen molar-refractivity contribution in [1.29, 1.82) is 0 Å². The summed E-state index contributed by atoms with van der Waals surface area (Å²) in [6.07, 6.45) is 0. The summed E-state index contributed by atoms with van der Waals surface area (Å²) in [4.78, 5) is 7.46. The Morgan fingerprint density at radius 1 is 0.444 bits per heavy atom. The summed E-state index contributed by atoms with van der Waals surface area (Å²) in [5.74, 6) is 0. The van der Waals surface area contributed by atoms with Gasteiger partial charge in [-0.25, -0.2) is 0 Å². The van der Waals surface area contributed by atoms with E-state index in [-0.39, 0.29) is 12.1 Å². The van der Waals surface area contributed by atoms with E-state index in [4.69, 9.17) is 0 Å². The molecule has 4 heteroatoms. The van der Waals surface area contributed by atoms with Crippen molar-refractivity contribution in [2.45, 2.75) is 26.2 Å². The maximum Gasteiger partial charge on any atom is 0.252 e. The number of rotatable bonds is 5. The van der Waals surface area contributed by atoms with Crippen LogP contribution in [0.1, 0.15) is 26.3 Å². The molecule has 0 aliphatic carbocycles. The Hall–Kier alpha value is -6.52. The molecule has 0 unspecified atom stereocenters. The van der Waals surface area contributed by atoms with Gasteiger partial charge in [0.15, 0.2) is 0 Å². The van der Waals surface area contributed by atoms with Gasteiger partial charge in [-0.15, -0.1) is 0 Å². The average molecular weight is 694 g/mol. The van der Waals surface area contributed by atoms with Gasteiger partial charge in [0.1, 0.15) is 0 Å². The highest BCUT2D eigenvalue weighted by molar-refractivity contribution is 7.00. The molecule has 0 aromatic heterocycles. The SMILES string of the molecule is CC(C)(C)c1c(N(c2ccccc2)c2cc3c4c(c2)N(c2ccccc2)c2ccccc2B4c2ccccc2N3c2ccccc2)ccc2ccccc12. The molecule has 2 aliphatic rings. The summed E-state index contributed by atoms with van der Waals surface area (Å²) < 4.78 is 0. The predicted molar refractivity (Wildman–Crippen MR) is 231 cm³/mol. The summed E-state index contributed by atoms with van der Waals surface area (Å²) in [7, 11) is 0. The topological polar surface area (TPSA) is 9.72 Å². The van der Waals surface area contributed by atoms with Gasteiger partial charge in [0.2, 0.25) is 0 Å². The predicted octanol–water partition coefficient (Wildman–Crippen LogP) is 11.7. The van der Waals surface area contributed by atoms with Crippen molar-refractivity contribution < 1.29 is 0 Å². The lowest BCUT2D eigenvalue weighted by Gasteiger charge is -2.45. The molecule has 0 spiro atoms. The molecule has 2 heterocycles. The zero-order valence-corrected chi connectivity index (χ0v) is 30.8. The quantitative estimate of drug-likeness (QED) is 0.166. The van der Waals surface area contributed by atoms with Crippen LogP contribution in [0.4, 0.5) is 51.2 Å². The van der Waals surface area contributed by atoms with Gasteiger partial charge in [0, 0.05) is 39.8 Å². The van der Waals surface area contributed by atoms with Crippen molar-refractivity contribution in [1.82, 2.24) is 0 Å². The van der Waals surface area contributed by atoms with Gasteiger partial charge in [-0.1, -0.05) is 142 Å². The van der Waals surface area contributed by atoms with Crippen LogP contribution in [0, 0.1) is 0 Å². The second-order valence-corrected chi connectivity index (χ2v) is 15.4. The van der Waals surface area contributed by atoms with Gasteiger partial charge >= 0.3 is 0 Å². The van der Waals surface area contributed by atoms with E-state index in [1.807, 2.05) is 0 Å². The highest BCUT2D eigenvalue weighted by Gasteiger charge is 2.43. The van der Waals surface area contributed by atoms with Crippen LogP contribution in [0.5, 0.6) is 0 Å². The highest BCUT2D eigenvalue weighted by atomic mass is 15.2. The van der Waals surface area contributed by atoms with E-state index in [1.54, 1.807) is 0 Å². The molecule has 258 valence electrons. The Bertz CT molecular complexity index is 2550. The third-order valence-corrected chi connectivity index (χ3v) is 11.1. The molecule has 0 radical (unpaired) electrons. The zero-order valence-electron chi connectivity index (χ0n) is 30.8. The first-order valence-electron chi connectivity index (χ1n) is 18.9. The smallest absolute Gasteiger partial charge is 0.252 e. The monoisotopic (exact) mass is 693 g/mol. The molecule has 0 fully saturated rings. The van der Waals surface area contributed by atoms with Crippen molar-refractivity contribution in [2.24, 2.45) is 0 Å². The Kier molecular flexibility index (Phi) is 7.48. The van der Waals surface area contributed by atoms with E-state index in [0.29, 0.717) is 0 Å². The Morgan fingerprint density at radius 2 is 0.926 bits per heavy atom. The number of anilines is 9. The van der Waals surface area contributed by atoms with E-state index >= 15 is 0 Å². The van der Waals surface area contributed by atoms with Crippen molar-refractivity contribution >= 4 is 85.1 Å². The number of hydrogen-bond acceptors (Lipinski definition) is 3. The van der Waals surface area contributed by atoms with Crippen molar-refractivity contribution in [3.8, 4) is 0 Å². The molecular formula is C50H40BN3. The highest BCUT2D eigenvalue weighted by Crippen LogP contribution is 2.50. The molecule has 0 saturated carbocycles. The van der Waals surface area contributed by atoms with E-state index in [1.165, 1.54) is 61.2 Å². The molecular weight excluding hydrogens is 653 g/mol. The first-order valence-corrected chi connectivity index (χ1v) is 18.9. The van der Waals surface area contributed by atoms with Crippen LogP contribution in [-0.2, 0) is 5.41 Å². The third-order valence-electron chi connectivity index (χ3n) is 11.1. The molecule has 8 aromatic rings. The lowest BCUT2D eigenvalue weighted by atomic mass is 9.33. The Balaban J connectivity index is 1.35. The minimum atomic E-state index is -0.138. The van der Waals surface area contributed by atoms with Crippen LogP contribution in [0.2, 0.25) is 0 Å². The van der Waals surface area contributed by atoms with Crippen molar-refractivity contribution in [2.75, 3.05) is 14.7 Å². The van der Waals surface area contributed by atoms with Crippen LogP contribution in [0.25, 0.3) is 10.8 Å². The summed E-state index contributed by atoms with van der Waals surface area (Å²) in [6.45, 7) is 7.08. The fraction of sp³-hybridized carbons (Fsp3) is 0.0800. The summed E-state index contributed by atoms with van der Waals surface area (Å²) in [6, 6.07) is 68.9. The largest absolute Gasteiger partial charge is 0.311 e. The molecule has 0 atom stereocenters. The fourth-order valence-electron chi connectivity index (χ4n) is 8.96. The number of fused-ring (bicyclic) bond motifs is 5. The fourth-order valence-corrected chi connectivity index (χ4v) is 8.96. The van der Waals surface area contributed by atoms with Crippen LogP contribution in [0.3, 0.4) is 0 Å². The minimum absolute atomic E-state index is 0.0624. The summed E-state index contributed by atoms with van der Waals surface area (Å²) >= 11 is 0. The second-order valence-electron chi connectivity index (χ2n) is 15.4. The van der Waals surface area contributed by atoms with Crippen molar-refractivity contribution in [3.63, 3.8) is 0 Å². The van der Waals surface area contributed by atoms with Crippen LogP contribution in [-0.4, -0.2) is 6.71 Å². The lowest BCUT2D eigenvalue weighted by Crippen LogP contribution is -2.61. The molecule has 0 N–H and O–H groups in total. The number of benzene rings is 8. The third kappa shape index (κ3) is 5.05. The maximum atomic E-state index is 2.49. The minimum Gasteiger partial charge on any atom is -0.311 e. The second kappa shape index (κ2) is 12.6. The lowest BCUT2D eigenvalue weighted by molar-refractivity contribution is 0.596. The summed E-state index contributed by atoms with van der Waals surface area (Å²) in [5.41, 5.74) is 15.6. The zero-order chi connectivity index (χ0) is 36.4. The van der Waals surface area contributed by atoms with E-state index < -0.39 is 0 Å².